The Morgan fingerprint density at radius 1 is 1.25 bits per heavy atom. The first kappa shape index (κ1) is 15.1. The number of cyclic esters (lactones) is 1. The highest BCUT2D eigenvalue weighted by Gasteiger charge is 2.69. The van der Waals surface area contributed by atoms with E-state index in [0.717, 1.165) is 0 Å². The fourth-order valence-corrected chi connectivity index (χ4v) is 3.32. The monoisotopic (exact) mass is 280 g/mol. The second-order valence-electron chi connectivity index (χ2n) is 7.52. The van der Waals surface area contributed by atoms with Crippen LogP contribution < -0.4 is 0 Å². The molecule has 0 aromatic rings. The number of Topliss-reactive ketones (excluding diaryl/α,β-unsaturated/α-hetero) is 1. The largest absolute Gasteiger partial charge is 0.507 e. The van der Waals surface area contributed by atoms with Crippen LogP contribution in [-0.2, 0) is 14.3 Å². The summed E-state index contributed by atoms with van der Waals surface area (Å²) < 4.78 is 5.15. The maximum atomic E-state index is 12.6. The molecular weight excluding hydrogens is 256 g/mol. The highest BCUT2D eigenvalue weighted by molar-refractivity contribution is 6.21. The molecule has 1 atom stereocenters. The zero-order valence-electron chi connectivity index (χ0n) is 13.1. The number of esters is 1. The second kappa shape index (κ2) is 4.34. The Morgan fingerprint density at radius 3 is 2.15 bits per heavy atom. The minimum Gasteiger partial charge on any atom is -0.507 e. The Kier molecular flexibility index (Phi) is 3.27. The number of aliphatic hydroxyl groups is 1. The summed E-state index contributed by atoms with van der Waals surface area (Å²) in [4.78, 5) is 24.5. The topological polar surface area (TPSA) is 63.6 Å². The van der Waals surface area contributed by atoms with Crippen LogP contribution in [0.15, 0.2) is 11.3 Å². The molecule has 20 heavy (non-hydrogen) atoms. The Morgan fingerprint density at radius 2 is 1.75 bits per heavy atom. The fourth-order valence-electron chi connectivity index (χ4n) is 3.32. The number of aliphatic hydroxyl groups excluding tert-OH is 1. The van der Waals surface area contributed by atoms with Crippen molar-refractivity contribution >= 4 is 11.8 Å². The highest BCUT2D eigenvalue weighted by atomic mass is 16.6. The van der Waals surface area contributed by atoms with E-state index in [1.54, 1.807) is 0 Å². The molecular formula is C16H24O4. The van der Waals surface area contributed by atoms with E-state index in [2.05, 4.69) is 0 Å². The van der Waals surface area contributed by atoms with Gasteiger partial charge < -0.3 is 9.84 Å². The van der Waals surface area contributed by atoms with Crippen LogP contribution in [0.3, 0.4) is 0 Å². The number of carbonyl (C=O) groups excluding carboxylic acids is 2. The van der Waals surface area contributed by atoms with E-state index in [-0.39, 0.29) is 39.8 Å². The van der Waals surface area contributed by atoms with E-state index in [4.69, 9.17) is 4.74 Å². The van der Waals surface area contributed by atoms with Crippen LogP contribution in [0.25, 0.3) is 0 Å². The van der Waals surface area contributed by atoms with Gasteiger partial charge in [-0.3, -0.25) is 4.79 Å². The van der Waals surface area contributed by atoms with Crippen molar-refractivity contribution < 1.29 is 19.4 Å². The Balaban J connectivity index is 2.26. The number of carbonyl (C=O) groups is 2. The molecule has 112 valence electrons. The summed E-state index contributed by atoms with van der Waals surface area (Å²) in [5, 5.41) is 10.2. The minimum absolute atomic E-state index is 0.126. The smallest absolute Gasteiger partial charge is 0.346 e. The molecule has 0 aromatic heterocycles. The van der Waals surface area contributed by atoms with Gasteiger partial charge in [-0.05, 0) is 23.2 Å². The molecule has 0 bridgehead atoms. The zero-order valence-corrected chi connectivity index (χ0v) is 13.1. The lowest BCUT2D eigenvalue weighted by Crippen LogP contribution is -2.16. The first-order valence-electron chi connectivity index (χ1n) is 7.20. The zero-order chi connectivity index (χ0) is 15.5. The summed E-state index contributed by atoms with van der Waals surface area (Å²) in [6.45, 7) is 12.0. The Hall–Kier alpha value is -1.32. The van der Waals surface area contributed by atoms with Crippen LogP contribution in [0.2, 0.25) is 0 Å². The predicted octanol–water partition coefficient (Wildman–Crippen LogP) is 3.02. The predicted molar refractivity (Wildman–Crippen MR) is 75.0 cm³/mol. The van der Waals surface area contributed by atoms with Gasteiger partial charge in [-0.15, -0.1) is 0 Å². The maximum Gasteiger partial charge on any atom is 0.346 e. The molecule has 2 rings (SSSR count). The van der Waals surface area contributed by atoms with Crippen molar-refractivity contribution in [2.75, 3.05) is 0 Å². The molecule has 1 aliphatic carbocycles. The molecule has 0 saturated heterocycles. The molecule has 1 N–H and O–H groups in total. The maximum absolute atomic E-state index is 12.6. The number of hydrogen-bond donors (Lipinski definition) is 1. The van der Waals surface area contributed by atoms with Gasteiger partial charge in [0.25, 0.3) is 0 Å². The number of rotatable bonds is 4. The van der Waals surface area contributed by atoms with Crippen molar-refractivity contribution in [3.05, 3.63) is 11.3 Å². The summed E-state index contributed by atoms with van der Waals surface area (Å²) in [5.41, 5.74) is -0.444. The van der Waals surface area contributed by atoms with Crippen LogP contribution in [0, 0.1) is 22.7 Å². The van der Waals surface area contributed by atoms with Gasteiger partial charge in [0.2, 0.25) is 0 Å². The van der Waals surface area contributed by atoms with E-state index in [1.807, 2.05) is 41.5 Å². The lowest BCUT2D eigenvalue weighted by atomic mass is 9.98. The Labute approximate surface area is 120 Å². The van der Waals surface area contributed by atoms with E-state index in [9.17, 15) is 14.7 Å². The molecule has 1 unspecified atom stereocenters. The van der Waals surface area contributed by atoms with Gasteiger partial charge in [-0.1, -0.05) is 41.5 Å². The van der Waals surface area contributed by atoms with Crippen LogP contribution in [0.5, 0.6) is 0 Å². The molecule has 2 aliphatic rings. The van der Waals surface area contributed by atoms with Gasteiger partial charge >= 0.3 is 5.97 Å². The minimum atomic E-state index is -0.670. The molecule has 1 saturated carbocycles. The summed E-state index contributed by atoms with van der Waals surface area (Å²) >= 11 is 0. The second-order valence-corrected chi connectivity index (χ2v) is 7.52. The SMILES string of the molecule is CC(C)CC1OC(=O)C(C(=O)C2C(C)(C)C2(C)C)=C1O. The van der Waals surface area contributed by atoms with E-state index in [0.29, 0.717) is 6.42 Å². The lowest BCUT2D eigenvalue weighted by molar-refractivity contribution is -0.141. The molecule has 4 heteroatoms. The van der Waals surface area contributed by atoms with Crippen molar-refractivity contribution in [3.8, 4) is 0 Å². The molecule has 1 fully saturated rings. The standard InChI is InChI=1S/C16H24O4/c1-8(2)7-9-11(17)10(14(19)20-9)12(18)13-15(3,4)16(13,5)6/h8-9,13,17H,7H2,1-6H3. The lowest BCUT2D eigenvalue weighted by Gasteiger charge is -2.11. The van der Waals surface area contributed by atoms with E-state index >= 15 is 0 Å². The number of ether oxygens (including phenoxy) is 1. The third-order valence-corrected chi connectivity index (χ3v) is 5.23. The molecule has 0 radical (unpaired) electrons. The van der Waals surface area contributed by atoms with Gasteiger partial charge in [0.1, 0.15) is 5.57 Å². The van der Waals surface area contributed by atoms with Crippen molar-refractivity contribution in [1.29, 1.82) is 0 Å². The van der Waals surface area contributed by atoms with Crippen LogP contribution in [0.1, 0.15) is 48.0 Å². The third-order valence-electron chi connectivity index (χ3n) is 5.23. The van der Waals surface area contributed by atoms with Gasteiger partial charge in [-0.2, -0.15) is 0 Å². The summed E-state index contributed by atoms with van der Waals surface area (Å²) in [7, 11) is 0. The first-order chi connectivity index (χ1) is 9.01. The van der Waals surface area contributed by atoms with Crippen molar-refractivity contribution in [2.24, 2.45) is 22.7 Å². The molecule has 1 aliphatic heterocycles. The number of ketones is 1. The van der Waals surface area contributed by atoms with Gasteiger partial charge in [0, 0.05) is 5.92 Å². The van der Waals surface area contributed by atoms with Crippen molar-refractivity contribution in [3.63, 3.8) is 0 Å². The molecule has 0 aromatic carbocycles. The van der Waals surface area contributed by atoms with E-state index < -0.39 is 12.1 Å². The highest BCUT2D eigenvalue weighted by Crippen LogP contribution is 2.69. The van der Waals surface area contributed by atoms with Gasteiger partial charge in [0.15, 0.2) is 17.6 Å². The first-order valence-corrected chi connectivity index (χ1v) is 7.20. The van der Waals surface area contributed by atoms with Gasteiger partial charge in [0.05, 0.1) is 0 Å². The van der Waals surface area contributed by atoms with Crippen LogP contribution >= 0.6 is 0 Å². The fraction of sp³-hybridized carbons (Fsp3) is 0.750. The van der Waals surface area contributed by atoms with Crippen molar-refractivity contribution in [1.82, 2.24) is 0 Å². The van der Waals surface area contributed by atoms with Crippen molar-refractivity contribution in [2.45, 2.75) is 54.1 Å². The molecule has 1 heterocycles. The summed E-state index contributed by atoms with van der Waals surface area (Å²) in [5.74, 6) is -1.08. The average molecular weight is 280 g/mol. The average Bonchev–Trinajstić information content (AvgIpc) is 2.52. The molecule has 4 nitrogen and oxygen atoms in total. The van der Waals surface area contributed by atoms with Gasteiger partial charge in [-0.25, -0.2) is 4.79 Å². The summed E-state index contributed by atoms with van der Waals surface area (Å²) in [6, 6.07) is 0. The molecule has 0 amide bonds. The summed E-state index contributed by atoms with van der Waals surface area (Å²) in [6.07, 6.45) is -0.127. The van der Waals surface area contributed by atoms with Crippen LogP contribution in [-0.4, -0.2) is 23.0 Å². The third kappa shape index (κ3) is 1.97. The normalized spacial score (nSPS) is 27.9. The van der Waals surface area contributed by atoms with Crippen LogP contribution in [0.4, 0.5) is 0 Å². The number of hydrogen-bond acceptors (Lipinski definition) is 4. The Bertz CT molecular complexity index is 483. The molecule has 0 spiro atoms. The quantitative estimate of drug-likeness (QED) is 0.635. The van der Waals surface area contributed by atoms with E-state index in [1.165, 1.54) is 0 Å².